The number of nitrogens with zero attached hydrogens (tertiary/aromatic N) is 2. The Balaban J connectivity index is 1.95. The first-order valence-corrected chi connectivity index (χ1v) is 15.3. The van der Waals surface area contributed by atoms with E-state index in [1.54, 1.807) is 0 Å². The smallest absolute Gasteiger partial charge is 0.243 e. The monoisotopic (exact) mass is 633 g/mol. The zero-order valence-corrected chi connectivity index (χ0v) is 25.2. The van der Waals surface area contributed by atoms with Gasteiger partial charge >= 0.3 is 0 Å². The third-order valence-electron chi connectivity index (χ3n) is 6.22. The lowest BCUT2D eigenvalue weighted by atomic mass is 10.0. The molecule has 0 bridgehead atoms. The Morgan fingerprint density at radius 3 is 2.28 bits per heavy atom. The zero-order chi connectivity index (χ0) is 28.4. The Morgan fingerprint density at radius 1 is 0.974 bits per heavy atom. The summed E-state index contributed by atoms with van der Waals surface area (Å²) in [7, 11) is -2.61. The predicted molar refractivity (Wildman–Crippen MR) is 158 cm³/mol. The largest absolute Gasteiger partial charge is 0.354 e. The Kier molecular flexibility index (Phi) is 11.5. The maximum Gasteiger partial charge on any atom is 0.243 e. The van der Waals surface area contributed by atoms with Gasteiger partial charge < -0.3 is 10.2 Å². The fourth-order valence-corrected chi connectivity index (χ4v) is 5.74. The molecule has 0 aromatic heterocycles. The van der Waals surface area contributed by atoms with Crippen LogP contribution in [-0.2, 0) is 32.6 Å². The summed E-state index contributed by atoms with van der Waals surface area (Å²) in [5.74, 6) is -0.763. The quantitative estimate of drug-likeness (QED) is 0.259. The van der Waals surface area contributed by atoms with Crippen LogP contribution >= 0.6 is 27.5 Å². The first-order chi connectivity index (χ1) is 18.6. The molecule has 0 radical (unpaired) electrons. The van der Waals surface area contributed by atoms with Gasteiger partial charge in [0, 0.05) is 36.1 Å². The second-order valence-corrected chi connectivity index (χ2v) is 12.6. The van der Waals surface area contributed by atoms with Gasteiger partial charge in [-0.3, -0.25) is 9.59 Å². The van der Waals surface area contributed by atoms with Crippen LogP contribution in [0.1, 0.15) is 30.9 Å². The normalized spacial score (nSPS) is 12.2. The molecule has 0 saturated carbocycles. The Labute approximate surface area is 244 Å². The molecule has 208 valence electrons. The molecule has 0 aliphatic heterocycles. The number of carbonyl (C=O) groups is 2. The number of benzene rings is 3. The number of sulfonamides is 1. The molecule has 3 rings (SSSR count). The molecular weight excluding hydrogens is 602 g/mol. The molecule has 3 aromatic carbocycles. The summed E-state index contributed by atoms with van der Waals surface area (Å²) in [5.41, 5.74) is 1.70. The summed E-state index contributed by atoms with van der Waals surface area (Å²) < 4.78 is 28.2. The van der Waals surface area contributed by atoms with Gasteiger partial charge in [0.05, 0.1) is 11.4 Å². The van der Waals surface area contributed by atoms with Crippen LogP contribution in [0, 0.1) is 0 Å². The van der Waals surface area contributed by atoms with E-state index in [1.807, 2.05) is 61.5 Å². The van der Waals surface area contributed by atoms with Crippen LogP contribution < -0.4 is 5.32 Å². The third-order valence-corrected chi connectivity index (χ3v) is 8.79. The van der Waals surface area contributed by atoms with Gasteiger partial charge in [-0.25, -0.2) is 8.42 Å². The highest BCUT2D eigenvalue weighted by Gasteiger charge is 2.33. The van der Waals surface area contributed by atoms with E-state index in [-0.39, 0.29) is 23.8 Å². The summed E-state index contributed by atoms with van der Waals surface area (Å²) >= 11 is 9.39. The molecule has 1 N–H and O–H groups in total. The molecule has 0 unspecified atom stereocenters. The van der Waals surface area contributed by atoms with Crippen LogP contribution in [0.4, 0.5) is 0 Å². The summed E-state index contributed by atoms with van der Waals surface area (Å²) in [6.07, 6.45) is 2.01. The molecule has 10 heteroatoms. The molecule has 0 aliphatic rings. The molecule has 0 spiro atoms. The molecule has 0 heterocycles. The minimum Gasteiger partial charge on any atom is -0.354 e. The van der Waals surface area contributed by atoms with E-state index in [0.717, 1.165) is 32.7 Å². The van der Waals surface area contributed by atoms with Gasteiger partial charge in [0.1, 0.15) is 6.04 Å². The average Bonchev–Trinajstić information content (AvgIpc) is 2.91. The molecule has 2 amide bonds. The highest BCUT2D eigenvalue weighted by Crippen LogP contribution is 2.21. The molecular formula is C29H33BrClN3O4S. The van der Waals surface area contributed by atoms with Crippen molar-refractivity contribution in [2.75, 3.05) is 20.1 Å². The van der Waals surface area contributed by atoms with Gasteiger partial charge in [-0.2, -0.15) is 4.31 Å². The van der Waals surface area contributed by atoms with Crippen molar-refractivity contribution < 1.29 is 18.0 Å². The van der Waals surface area contributed by atoms with Crippen LogP contribution in [0.25, 0.3) is 0 Å². The van der Waals surface area contributed by atoms with Crippen LogP contribution in [0.3, 0.4) is 0 Å². The van der Waals surface area contributed by atoms with Crippen LogP contribution in [0.15, 0.2) is 88.2 Å². The molecule has 7 nitrogen and oxygen atoms in total. The van der Waals surface area contributed by atoms with Crippen LogP contribution in [0.2, 0.25) is 5.02 Å². The number of carbonyl (C=O) groups excluding carboxylic acids is 2. The van der Waals surface area contributed by atoms with E-state index < -0.39 is 28.5 Å². The Bertz CT molecular complexity index is 1350. The van der Waals surface area contributed by atoms with Gasteiger partial charge in [0.15, 0.2) is 0 Å². The van der Waals surface area contributed by atoms with E-state index in [1.165, 1.54) is 36.2 Å². The number of halogens is 2. The summed E-state index contributed by atoms with van der Waals surface area (Å²) in [4.78, 5) is 28.9. The zero-order valence-electron chi connectivity index (χ0n) is 22.0. The second kappa shape index (κ2) is 14.6. The van der Waals surface area contributed by atoms with Crippen molar-refractivity contribution >= 4 is 49.4 Å². The van der Waals surface area contributed by atoms with Crippen molar-refractivity contribution in [3.8, 4) is 0 Å². The number of hydrogen-bond acceptors (Lipinski definition) is 4. The van der Waals surface area contributed by atoms with Crippen molar-refractivity contribution in [2.45, 2.75) is 43.7 Å². The molecule has 0 saturated heterocycles. The minimum atomic E-state index is -3.97. The third kappa shape index (κ3) is 8.89. The first kappa shape index (κ1) is 30.8. The van der Waals surface area contributed by atoms with E-state index >= 15 is 0 Å². The average molecular weight is 635 g/mol. The van der Waals surface area contributed by atoms with Crippen molar-refractivity contribution in [1.29, 1.82) is 0 Å². The van der Waals surface area contributed by atoms with Gasteiger partial charge in [-0.15, -0.1) is 0 Å². The van der Waals surface area contributed by atoms with E-state index in [9.17, 15) is 18.0 Å². The van der Waals surface area contributed by atoms with Crippen molar-refractivity contribution in [1.82, 2.24) is 14.5 Å². The van der Waals surface area contributed by atoms with E-state index in [4.69, 9.17) is 11.6 Å². The number of likely N-dealkylation sites (N-methyl/N-ethyl adjacent to an activating group) is 1. The maximum absolute atomic E-state index is 13.8. The van der Waals surface area contributed by atoms with E-state index in [2.05, 4.69) is 21.2 Å². The highest BCUT2D eigenvalue weighted by atomic mass is 79.9. The lowest BCUT2D eigenvalue weighted by Crippen LogP contribution is -2.53. The standard InChI is InChI=1S/C29H33BrClN3O4S/c1-3-4-17-32-29(36)27(19-22-9-6-5-7-10-22)34(20-23-11-8-12-24(30)18-23)28(35)21-33(2)39(37,38)26-15-13-25(31)14-16-26/h5-16,18,27H,3-4,17,19-21H2,1-2H3,(H,32,36)/t27-/m0/s1. The molecule has 0 aliphatic carbocycles. The highest BCUT2D eigenvalue weighted by molar-refractivity contribution is 9.10. The molecule has 39 heavy (non-hydrogen) atoms. The Morgan fingerprint density at radius 2 is 1.64 bits per heavy atom. The predicted octanol–water partition coefficient (Wildman–Crippen LogP) is 5.28. The fourth-order valence-electron chi connectivity index (χ4n) is 4.04. The van der Waals surface area contributed by atoms with Crippen molar-refractivity contribution in [3.63, 3.8) is 0 Å². The van der Waals surface area contributed by atoms with Gasteiger partial charge in [-0.05, 0) is 53.9 Å². The van der Waals surface area contributed by atoms with Crippen LogP contribution in [0.5, 0.6) is 0 Å². The lowest BCUT2D eigenvalue weighted by Gasteiger charge is -2.32. The number of nitrogens with one attached hydrogen (secondary N) is 1. The second-order valence-electron chi connectivity index (χ2n) is 9.22. The summed E-state index contributed by atoms with van der Waals surface area (Å²) in [5, 5.41) is 3.37. The van der Waals surface area contributed by atoms with E-state index in [0.29, 0.717) is 11.6 Å². The number of amides is 2. The SMILES string of the molecule is CCCCNC(=O)[C@H](Cc1ccccc1)N(Cc1cccc(Br)c1)C(=O)CN(C)S(=O)(=O)c1ccc(Cl)cc1. The number of hydrogen-bond donors (Lipinski definition) is 1. The molecule has 3 aromatic rings. The summed E-state index contributed by atoms with van der Waals surface area (Å²) in [6.45, 7) is 2.22. The molecule has 1 atom stereocenters. The van der Waals surface area contributed by atoms with Gasteiger partial charge in [-0.1, -0.05) is 83.3 Å². The van der Waals surface area contributed by atoms with Gasteiger partial charge in [0.25, 0.3) is 0 Å². The number of rotatable bonds is 13. The van der Waals surface area contributed by atoms with Gasteiger partial charge in [0.2, 0.25) is 21.8 Å². The van der Waals surface area contributed by atoms with Crippen molar-refractivity contribution in [2.24, 2.45) is 0 Å². The summed E-state index contributed by atoms with van der Waals surface area (Å²) in [6, 6.07) is 21.9. The maximum atomic E-state index is 13.8. The number of unbranched alkanes of at least 4 members (excludes halogenated alkanes) is 1. The topological polar surface area (TPSA) is 86.8 Å². The Hall–Kier alpha value is -2.72. The lowest BCUT2D eigenvalue weighted by molar-refractivity contribution is -0.141. The fraction of sp³-hybridized carbons (Fsp3) is 0.310. The van der Waals surface area contributed by atoms with Crippen LogP contribution in [-0.4, -0.2) is 55.6 Å². The first-order valence-electron chi connectivity index (χ1n) is 12.7. The minimum absolute atomic E-state index is 0.0267. The van der Waals surface area contributed by atoms with Crippen molar-refractivity contribution in [3.05, 3.63) is 99.5 Å². The molecule has 0 fully saturated rings.